The van der Waals surface area contributed by atoms with Gasteiger partial charge in [0, 0.05) is 30.1 Å². The third-order valence-electron chi connectivity index (χ3n) is 7.04. The quantitative estimate of drug-likeness (QED) is 0.503. The van der Waals surface area contributed by atoms with E-state index in [2.05, 4.69) is 15.2 Å². The molecule has 6 rings (SSSR count). The molecule has 4 aliphatic carbocycles. The molecule has 35 heavy (non-hydrogen) atoms. The Hall–Kier alpha value is -2.53. The van der Waals surface area contributed by atoms with Crippen LogP contribution in [0.4, 0.5) is 17.6 Å². The van der Waals surface area contributed by atoms with E-state index in [4.69, 9.17) is 21.1 Å². The van der Waals surface area contributed by atoms with Crippen molar-refractivity contribution in [2.75, 3.05) is 13.2 Å². The summed E-state index contributed by atoms with van der Waals surface area (Å²) >= 11 is 5.64. The molecule has 190 valence electrons. The zero-order valence-corrected chi connectivity index (χ0v) is 19.6. The number of alkyl halides is 3. The van der Waals surface area contributed by atoms with Crippen molar-refractivity contribution in [3.63, 3.8) is 0 Å². The molecule has 1 aromatic heterocycles. The predicted molar refractivity (Wildman–Crippen MR) is 116 cm³/mol. The van der Waals surface area contributed by atoms with E-state index < -0.39 is 18.3 Å². The van der Waals surface area contributed by atoms with Crippen molar-refractivity contribution >= 4 is 17.5 Å². The van der Waals surface area contributed by atoms with E-state index in [1.807, 2.05) is 6.07 Å². The second kappa shape index (κ2) is 8.55. The lowest BCUT2D eigenvalue weighted by Gasteiger charge is -2.69. The van der Waals surface area contributed by atoms with Crippen LogP contribution in [0.2, 0.25) is 5.02 Å². The molecule has 4 fully saturated rings. The van der Waals surface area contributed by atoms with Crippen LogP contribution in [0.15, 0.2) is 24.3 Å². The fourth-order valence-electron chi connectivity index (χ4n) is 5.38. The first-order valence-electron chi connectivity index (χ1n) is 11.3. The molecule has 0 saturated heterocycles. The molecule has 4 aliphatic rings. The molecule has 4 saturated carbocycles. The molecule has 0 spiro atoms. The Morgan fingerprint density at radius 1 is 1.23 bits per heavy atom. The summed E-state index contributed by atoms with van der Waals surface area (Å²) in [5.41, 5.74) is 0.476. The summed E-state index contributed by atoms with van der Waals surface area (Å²) in [6.45, 7) is 0.0780. The number of carbonyl (C=O) groups is 1. The van der Waals surface area contributed by atoms with Crippen molar-refractivity contribution in [1.82, 2.24) is 15.1 Å². The molecule has 12 heteroatoms. The Kier molecular flexibility index (Phi) is 5.90. The van der Waals surface area contributed by atoms with Crippen LogP contribution in [-0.2, 0) is 22.0 Å². The molecule has 0 atom stereocenters. The molecule has 0 unspecified atom stereocenters. The van der Waals surface area contributed by atoms with Crippen LogP contribution in [0.1, 0.15) is 37.8 Å². The van der Waals surface area contributed by atoms with Gasteiger partial charge in [-0.15, -0.1) is 13.2 Å². The molecular formula is C23H24ClF4N3O4. The lowest BCUT2D eigenvalue weighted by Crippen LogP contribution is -2.77. The summed E-state index contributed by atoms with van der Waals surface area (Å²) in [7, 11) is 1.76. The number of aromatic nitrogens is 2. The van der Waals surface area contributed by atoms with E-state index in [-0.39, 0.29) is 40.2 Å². The van der Waals surface area contributed by atoms with Gasteiger partial charge in [-0.2, -0.15) is 5.10 Å². The first kappa shape index (κ1) is 24.2. The van der Waals surface area contributed by atoms with Crippen molar-refractivity contribution in [3.05, 3.63) is 40.8 Å². The van der Waals surface area contributed by atoms with E-state index in [1.165, 1.54) is 12.1 Å². The first-order valence-corrected chi connectivity index (χ1v) is 11.6. The molecule has 2 aromatic rings. The molecule has 1 heterocycles. The molecule has 1 amide bonds. The molecule has 1 aromatic carbocycles. The summed E-state index contributed by atoms with van der Waals surface area (Å²) in [4.78, 5) is 12.3. The molecule has 7 nitrogen and oxygen atoms in total. The SMILES string of the molecule is Cn1nc(C23CC(NC(=O)COc4ccc(Cl)c(F)c4)(C2)C3)cc1OC[C@H]1C[C@@H](OC(F)(F)F)C1. The zero-order valence-electron chi connectivity index (χ0n) is 18.8. The van der Waals surface area contributed by atoms with Gasteiger partial charge in [-0.1, -0.05) is 11.6 Å². The number of halogens is 5. The van der Waals surface area contributed by atoms with Gasteiger partial charge in [0.1, 0.15) is 11.6 Å². The number of benzene rings is 1. The smallest absolute Gasteiger partial charge is 0.484 e. The van der Waals surface area contributed by atoms with E-state index in [0.29, 0.717) is 25.3 Å². The Bertz CT molecular complexity index is 1110. The summed E-state index contributed by atoms with van der Waals surface area (Å²) in [6, 6.07) is 5.86. The fourth-order valence-corrected chi connectivity index (χ4v) is 5.50. The predicted octanol–water partition coefficient (Wildman–Crippen LogP) is 4.28. The average Bonchev–Trinajstić information content (AvgIpc) is 3.05. The van der Waals surface area contributed by atoms with E-state index in [1.54, 1.807) is 11.7 Å². The number of carbonyl (C=O) groups excluding carboxylic acids is 1. The minimum absolute atomic E-state index is 0.0146. The minimum Gasteiger partial charge on any atom is -0.484 e. The number of hydrogen-bond donors (Lipinski definition) is 1. The van der Waals surface area contributed by atoms with Crippen LogP contribution < -0.4 is 14.8 Å². The molecular weight excluding hydrogens is 494 g/mol. The minimum atomic E-state index is -4.60. The van der Waals surface area contributed by atoms with Gasteiger partial charge in [0.05, 0.1) is 23.4 Å². The molecule has 2 bridgehead atoms. The van der Waals surface area contributed by atoms with Crippen LogP contribution >= 0.6 is 11.6 Å². The van der Waals surface area contributed by atoms with Gasteiger partial charge in [0.15, 0.2) is 6.61 Å². The average molecular weight is 518 g/mol. The monoisotopic (exact) mass is 517 g/mol. The number of ether oxygens (including phenoxy) is 3. The van der Waals surface area contributed by atoms with Gasteiger partial charge in [0.25, 0.3) is 5.91 Å². The summed E-state index contributed by atoms with van der Waals surface area (Å²) in [5, 5.41) is 7.55. The zero-order chi connectivity index (χ0) is 25.0. The second-order valence-corrected chi connectivity index (χ2v) is 10.2. The van der Waals surface area contributed by atoms with Gasteiger partial charge in [-0.05, 0) is 50.2 Å². The van der Waals surface area contributed by atoms with Gasteiger partial charge in [-0.3, -0.25) is 9.53 Å². The van der Waals surface area contributed by atoms with Gasteiger partial charge in [-0.25, -0.2) is 9.07 Å². The fraction of sp³-hybridized carbons (Fsp3) is 0.565. The maximum absolute atomic E-state index is 13.5. The Morgan fingerprint density at radius 2 is 1.94 bits per heavy atom. The molecule has 0 aliphatic heterocycles. The van der Waals surface area contributed by atoms with Crippen LogP contribution in [-0.4, -0.2) is 46.9 Å². The third kappa shape index (κ3) is 4.93. The lowest BCUT2D eigenvalue weighted by atomic mass is 9.38. The van der Waals surface area contributed by atoms with Gasteiger partial charge < -0.3 is 14.8 Å². The molecule has 0 radical (unpaired) electrons. The van der Waals surface area contributed by atoms with Crippen LogP contribution in [0.25, 0.3) is 0 Å². The molecule has 1 N–H and O–H groups in total. The topological polar surface area (TPSA) is 74.6 Å². The van der Waals surface area contributed by atoms with E-state index in [0.717, 1.165) is 31.0 Å². The van der Waals surface area contributed by atoms with Crippen molar-refractivity contribution in [2.45, 2.75) is 55.5 Å². The third-order valence-corrected chi connectivity index (χ3v) is 7.34. The number of nitrogens with one attached hydrogen (secondary N) is 1. The van der Waals surface area contributed by atoms with Crippen molar-refractivity contribution in [1.29, 1.82) is 0 Å². The van der Waals surface area contributed by atoms with Crippen molar-refractivity contribution < 1.29 is 36.6 Å². The Morgan fingerprint density at radius 3 is 2.60 bits per heavy atom. The maximum Gasteiger partial charge on any atom is 0.522 e. The normalized spacial score (nSPS) is 29.0. The second-order valence-electron chi connectivity index (χ2n) is 9.83. The van der Waals surface area contributed by atoms with Gasteiger partial charge >= 0.3 is 6.36 Å². The first-order chi connectivity index (χ1) is 16.4. The van der Waals surface area contributed by atoms with Crippen LogP contribution in [0.3, 0.4) is 0 Å². The lowest BCUT2D eigenvalue weighted by molar-refractivity contribution is -0.354. The number of amides is 1. The highest BCUT2D eigenvalue weighted by Crippen LogP contribution is 2.67. The highest BCUT2D eigenvalue weighted by atomic mass is 35.5. The summed E-state index contributed by atoms with van der Waals surface area (Å²) in [5.74, 6) is -0.0984. The Labute approximate surface area is 203 Å². The van der Waals surface area contributed by atoms with Gasteiger partial charge in [0.2, 0.25) is 5.88 Å². The maximum atomic E-state index is 13.5. The number of nitrogens with zero attached hydrogens (tertiary/aromatic N) is 2. The summed E-state index contributed by atoms with van der Waals surface area (Å²) in [6.07, 6.45) is -2.53. The van der Waals surface area contributed by atoms with Crippen molar-refractivity contribution in [2.24, 2.45) is 13.0 Å². The van der Waals surface area contributed by atoms with Crippen LogP contribution in [0, 0.1) is 11.7 Å². The Balaban J connectivity index is 1.06. The highest BCUT2D eigenvalue weighted by molar-refractivity contribution is 6.30. The number of aryl methyl sites for hydroxylation is 1. The van der Waals surface area contributed by atoms with Crippen molar-refractivity contribution in [3.8, 4) is 11.6 Å². The highest BCUT2D eigenvalue weighted by Gasteiger charge is 2.70. The summed E-state index contributed by atoms with van der Waals surface area (Å²) < 4.78 is 67.0. The van der Waals surface area contributed by atoms with Crippen LogP contribution in [0.5, 0.6) is 11.6 Å². The van der Waals surface area contributed by atoms with E-state index in [9.17, 15) is 22.4 Å². The number of hydrogen-bond acceptors (Lipinski definition) is 5. The largest absolute Gasteiger partial charge is 0.522 e. The van der Waals surface area contributed by atoms with E-state index >= 15 is 0 Å². The number of rotatable bonds is 9. The standard InChI is InChI=1S/C23H24ClF4N3O4/c1-31-20(34-8-13-4-15(5-13)35-23(26,27)28)7-18(30-31)21-10-22(11-21,12-21)29-19(32)9-33-14-2-3-16(24)17(25)6-14/h2-3,6-7,13,15H,4-5,8-12H2,1H3,(H,29,32)/t13-,15+,21?,22?.